The summed E-state index contributed by atoms with van der Waals surface area (Å²) in [7, 11) is 0. The number of aryl methyl sites for hydroxylation is 2. The minimum absolute atomic E-state index is 0.0769. The third-order valence-electron chi connectivity index (χ3n) is 4.06. The van der Waals surface area contributed by atoms with E-state index in [-0.39, 0.29) is 12.5 Å². The number of hydrogen-bond acceptors (Lipinski definition) is 5. The van der Waals surface area contributed by atoms with E-state index in [0.717, 1.165) is 17.0 Å². The van der Waals surface area contributed by atoms with Crippen molar-refractivity contribution in [1.82, 2.24) is 4.98 Å². The lowest BCUT2D eigenvalue weighted by Gasteiger charge is -2.07. The van der Waals surface area contributed by atoms with Gasteiger partial charge >= 0.3 is 0 Å². The molecule has 0 unspecified atom stereocenters. The second kappa shape index (κ2) is 8.68. The predicted molar refractivity (Wildman–Crippen MR) is 109 cm³/mol. The number of nitrogens with one attached hydrogen (secondary N) is 1. The molecule has 3 rings (SSSR count). The first-order chi connectivity index (χ1) is 13.0. The van der Waals surface area contributed by atoms with Crippen LogP contribution in [0.5, 0.6) is 11.5 Å². The zero-order chi connectivity index (χ0) is 19.2. The lowest BCUT2D eigenvalue weighted by Crippen LogP contribution is -2.20. The van der Waals surface area contributed by atoms with Gasteiger partial charge in [0.25, 0.3) is 5.91 Å². The Morgan fingerprint density at radius 2 is 1.74 bits per heavy atom. The van der Waals surface area contributed by atoms with Crippen LogP contribution in [0.25, 0.3) is 11.3 Å². The highest BCUT2D eigenvalue weighted by Gasteiger charge is 2.09. The summed E-state index contributed by atoms with van der Waals surface area (Å²) >= 11 is 1.40. The van der Waals surface area contributed by atoms with Crippen LogP contribution >= 0.6 is 11.3 Å². The van der Waals surface area contributed by atoms with Crippen molar-refractivity contribution in [2.24, 2.45) is 0 Å². The van der Waals surface area contributed by atoms with Crippen molar-refractivity contribution in [3.8, 4) is 22.8 Å². The molecule has 3 aromatic rings. The minimum atomic E-state index is -0.245. The molecule has 1 N–H and O–H groups in total. The van der Waals surface area contributed by atoms with Gasteiger partial charge in [-0.25, -0.2) is 4.98 Å². The number of amides is 1. The van der Waals surface area contributed by atoms with E-state index >= 15 is 0 Å². The highest BCUT2D eigenvalue weighted by atomic mass is 32.1. The molecule has 0 atom stereocenters. The first-order valence-corrected chi connectivity index (χ1v) is 9.62. The quantitative estimate of drug-likeness (QED) is 0.635. The first kappa shape index (κ1) is 18.9. The minimum Gasteiger partial charge on any atom is -0.494 e. The van der Waals surface area contributed by atoms with E-state index in [1.54, 1.807) is 12.1 Å². The summed E-state index contributed by atoms with van der Waals surface area (Å²) in [5.41, 5.74) is 4.36. The van der Waals surface area contributed by atoms with Crippen LogP contribution in [0.15, 0.2) is 47.8 Å². The van der Waals surface area contributed by atoms with E-state index in [1.165, 1.54) is 22.5 Å². The van der Waals surface area contributed by atoms with Gasteiger partial charge in [0, 0.05) is 10.9 Å². The number of anilines is 1. The number of carbonyl (C=O) groups excluding carboxylic acids is 1. The summed E-state index contributed by atoms with van der Waals surface area (Å²) in [6.45, 7) is 6.62. The maximum atomic E-state index is 12.1. The highest BCUT2D eigenvalue weighted by molar-refractivity contribution is 7.14. The Bertz CT molecular complexity index is 919. The van der Waals surface area contributed by atoms with Crippen LogP contribution in [0.4, 0.5) is 5.13 Å². The fraction of sp³-hybridized carbons (Fsp3) is 0.238. The van der Waals surface area contributed by atoms with E-state index in [0.29, 0.717) is 17.5 Å². The smallest absolute Gasteiger partial charge is 0.264 e. The zero-order valence-corrected chi connectivity index (χ0v) is 16.4. The summed E-state index contributed by atoms with van der Waals surface area (Å²) in [5.74, 6) is 1.14. The Hall–Kier alpha value is -2.86. The number of rotatable bonds is 7. The standard InChI is InChI=1S/C21H22N2O3S/c1-4-25-17-7-9-18(10-8-17)26-12-20(24)23-21-22-19(13-27-21)16-6-5-14(2)15(3)11-16/h5-11,13H,4,12H2,1-3H3,(H,22,23,24). The van der Waals surface area contributed by atoms with Gasteiger partial charge in [-0.3, -0.25) is 10.1 Å². The van der Waals surface area contributed by atoms with Gasteiger partial charge in [-0.15, -0.1) is 11.3 Å². The molecule has 1 aromatic heterocycles. The van der Waals surface area contributed by atoms with E-state index in [1.807, 2.05) is 30.5 Å². The van der Waals surface area contributed by atoms with Gasteiger partial charge in [-0.1, -0.05) is 12.1 Å². The summed E-state index contributed by atoms with van der Waals surface area (Å²) in [4.78, 5) is 16.6. The fourth-order valence-corrected chi connectivity index (χ4v) is 3.20. The molecular weight excluding hydrogens is 360 g/mol. The Balaban J connectivity index is 1.55. The van der Waals surface area contributed by atoms with Gasteiger partial charge in [0.05, 0.1) is 12.3 Å². The van der Waals surface area contributed by atoms with Crippen molar-refractivity contribution in [3.63, 3.8) is 0 Å². The van der Waals surface area contributed by atoms with Crippen molar-refractivity contribution < 1.29 is 14.3 Å². The van der Waals surface area contributed by atoms with E-state index in [9.17, 15) is 4.79 Å². The molecule has 0 radical (unpaired) electrons. The normalized spacial score (nSPS) is 10.5. The fourth-order valence-electron chi connectivity index (χ4n) is 2.47. The number of hydrogen-bond donors (Lipinski definition) is 1. The molecule has 27 heavy (non-hydrogen) atoms. The topological polar surface area (TPSA) is 60.5 Å². The Labute approximate surface area is 163 Å². The summed E-state index contributed by atoms with van der Waals surface area (Å²) in [6, 6.07) is 13.4. The summed E-state index contributed by atoms with van der Waals surface area (Å²) in [5, 5.41) is 5.28. The molecule has 0 saturated heterocycles. The van der Waals surface area contributed by atoms with E-state index < -0.39 is 0 Å². The van der Waals surface area contributed by atoms with Crippen molar-refractivity contribution >= 4 is 22.4 Å². The molecule has 6 heteroatoms. The van der Waals surface area contributed by atoms with Crippen LogP contribution in [-0.4, -0.2) is 24.1 Å². The number of carbonyl (C=O) groups is 1. The van der Waals surface area contributed by atoms with Crippen LogP contribution in [0, 0.1) is 13.8 Å². The summed E-state index contributed by atoms with van der Waals surface area (Å²) in [6.07, 6.45) is 0. The van der Waals surface area contributed by atoms with Gasteiger partial charge in [0.1, 0.15) is 11.5 Å². The molecule has 0 saturated carbocycles. The maximum absolute atomic E-state index is 12.1. The third-order valence-corrected chi connectivity index (χ3v) is 4.82. The molecule has 5 nitrogen and oxygen atoms in total. The van der Waals surface area contributed by atoms with E-state index in [2.05, 4.69) is 36.3 Å². The molecule has 1 heterocycles. The third kappa shape index (κ3) is 5.08. The largest absolute Gasteiger partial charge is 0.494 e. The Morgan fingerprint density at radius 1 is 1.04 bits per heavy atom. The van der Waals surface area contributed by atoms with Crippen molar-refractivity contribution in [2.75, 3.05) is 18.5 Å². The predicted octanol–water partition coefficient (Wildman–Crippen LogP) is 4.84. The summed E-state index contributed by atoms with van der Waals surface area (Å²) < 4.78 is 10.9. The molecule has 0 bridgehead atoms. The molecule has 0 aliphatic carbocycles. The van der Waals surface area contributed by atoms with E-state index in [4.69, 9.17) is 9.47 Å². The van der Waals surface area contributed by atoms with Crippen LogP contribution in [0.2, 0.25) is 0 Å². The van der Waals surface area contributed by atoms with Gasteiger partial charge in [0.15, 0.2) is 11.7 Å². The first-order valence-electron chi connectivity index (χ1n) is 8.74. The van der Waals surface area contributed by atoms with Crippen LogP contribution in [-0.2, 0) is 4.79 Å². The SMILES string of the molecule is CCOc1ccc(OCC(=O)Nc2nc(-c3ccc(C)c(C)c3)cs2)cc1. The van der Waals surface area contributed by atoms with Gasteiger partial charge in [-0.05, 0) is 62.2 Å². The zero-order valence-electron chi connectivity index (χ0n) is 15.6. The molecule has 0 aliphatic rings. The van der Waals surface area contributed by atoms with Gasteiger partial charge < -0.3 is 9.47 Å². The molecule has 2 aromatic carbocycles. The lowest BCUT2D eigenvalue weighted by molar-refractivity contribution is -0.118. The second-order valence-electron chi connectivity index (χ2n) is 6.08. The highest BCUT2D eigenvalue weighted by Crippen LogP contribution is 2.26. The maximum Gasteiger partial charge on any atom is 0.264 e. The van der Waals surface area contributed by atoms with Gasteiger partial charge in [-0.2, -0.15) is 0 Å². The van der Waals surface area contributed by atoms with Crippen LogP contribution in [0.3, 0.4) is 0 Å². The van der Waals surface area contributed by atoms with Crippen LogP contribution < -0.4 is 14.8 Å². The number of aromatic nitrogens is 1. The number of thiazole rings is 1. The monoisotopic (exact) mass is 382 g/mol. The molecular formula is C21H22N2O3S. The van der Waals surface area contributed by atoms with Gasteiger partial charge in [0.2, 0.25) is 0 Å². The Kier molecular flexibility index (Phi) is 6.08. The van der Waals surface area contributed by atoms with Crippen LogP contribution in [0.1, 0.15) is 18.1 Å². The molecule has 0 fully saturated rings. The second-order valence-corrected chi connectivity index (χ2v) is 6.94. The number of nitrogens with zero attached hydrogens (tertiary/aromatic N) is 1. The van der Waals surface area contributed by atoms with Crippen molar-refractivity contribution in [2.45, 2.75) is 20.8 Å². The van der Waals surface area contributed by atoms with Crippen molar-refractivity contribution in [1.29, 1.82) is 0 Å². The lowest BCUT2D eigenvalue weighted by atomic mass is 10.1. The molecule has 0 spiro atoms. The number of ether oxygens (including phenoxy) is 2. The molecule has 1 amide bonds. The number of benzene rings is 2. The van der Waals surface area contributed by atoms with Crippen molar-refractivity contribution in [3.05, 3.63) is 59.0 Å². The Morgan fingerprint density at radius 3 is 2.41 bits per heavy atom. The average molecular weight is 382 g/mol. The molecule has 0 aliphatic heterocycles. The average Bonchev–Trinajstić information content (AvgIpc) is 3.12. The molecule has 140 valence electrons.